The van der Waals surface area contributed by atoms with Gasteiger partial charge < -0.3 is 9.47 Å². The number of nitro benzene ring substituents is 1. The van der Waals surface area contributed by atoms with Gasteiger partial charge in [-0.2, -0.15) is 26.3 Å². The molecule has 0 saturated carbocycles. The summed E-state index contributed by atoms with van der Waals surface area (Å²) in [5.74, 6) is -0.827. The van der Waals surface area contributed by atoms with E-state index in [0.717, 1.165) is 42.5 Å². The maximum absolute atomic E-state index is 12.9. The summed E-state index contributed by atoms with van der Waals surface area (Å²) in [6, 6.07) is 8.17. The lowest BCUT2D eigenvalue weighted by molar-refractivity contribution is -0.385. The fourth-order valence-electron chi connectivity index (χ4n) is 2.63. The second kappa shape index (κ2) is 8.99. The smallest absolute Gasteiger partial charge is 0.417 e. The number of ether oxygens (including phenoxy) is 2. The van der Waals surface area contributed by atoms with Crippen LogP contribution in [-0.2, 0) is 12.4 Å². The van der Waals surface area contributed by atoms with Crippen molar-refractivity contribution in [3.05, 3.63) is 85.9 Å². The predicted octanol–water partition coefficient (Wildman–Crippen LogP) is 8.52. The largest absolute Gasteiger partial charge is 0.457 e. The molecule has 5 nitrogen and oxygen atoms in total. The highest BCUT2D eigenvalue weighted by atomic mass is 35.5. The second-order valence-electron chi connectivity index (χ2n) is 6.37. The van der Waals surface area contributed by atoms with E-state index in [2.05, 4.69) is 0 Å². The van der Waals surface area contributed by atoms with E-state index < -0.39 is 49.9 Å². The van der Waals surface area contributed by atoms with Gasteiger partial charge in [0.2, 0.25) is 5.75 Å². The van der Waals surface area contributed by atoms with Crippen LogP contribution in [0, 0.1) is 10.1 Å². The van der Waals surface area contributed by atoms with Crippen LogP contribution in [0.2, 0.25) is 10.0 Å². The number of nitrogens with zero attached hydrogens (tertiary/aromatic N) is 1. The van der Waals surface area contributed by atoms with Gasteiger partial charge in [0.15, 0.2) is 0 Å². The molecule has 0 spiro atoms. The molecule has 0 fully saturated rings. The van der Waals surface area contributed by atoms with Crippen LogP contribution in [0.1, 0.15) is 11.1 Å². The Kier molecular flexibility index (Phi) is 6.66. The van der Waals surface area contributed by atoms with Crippen molar-refractivity contribution in [2.75, 3.05) is 0 Å². The van der Waals surface area contributed by atoms with Gasteiger partial charge in [0, 0.05) is 24.3 Å². The summed E-state index contributed by atoms with van der Waals surface area (Å²) in [4.78, 5) is 10.5. The van der Waals surface area contributed by atoms with E-state index in [1.165, 1.54) is 0 Å². The van der Waals surface area contributed by atoms with Crippen LogP contribution in [0.3, 0.4) is 0 Å². The molecule has 0 aromatic heterocycles. The number of rotatable bonds is 5. The molecule has 0 aliphatic carbocycles. The molecule has 174 valence electrons. The molecule has 0 radical (unpaired) electrons. The third-order valence-corrected chi connectivity index (χ3v) is 4.71. The molecule has 0 amide bonds. The van der Waals surface area contributed by atoms with Crippen molar-refractivity contribution in [2.45, 2.75) is 12.4 Å². The molecule has 3 aromatic carbocycles. The Morgan fingerprint density at radius 1 is 0.697 bits per heavy atom. The standard InChI is InChI=1S/C20H9Cl2F6NO4/c21-15-7-10(1-4-13(15)19(23,24)25)32-12-3-6-17(29(30)31)18(9-12)33-11-2-5-14(16(22)8-11)20(26,27)28/h1-9H. The summed E-state index contributed by atoms with van der Waals surface area (Å²) in [6.07, 6.45) is -9.38. The number of alkyl halides is 6. The van der Waals surface area contributed by atoms with Crippen LogP contribution in [0.25, 0.3) is 0 Å². The van der Waals surface area contributed by atoms with Gasteiger partial charge in [-0.1, -0.05) is 23.2 Å². The summed E-state index contributed by atoms with van der Waals surface area (Å²) >= 11 is 11.3. The van der Waals surface area contributed by atoms with Crippen LogP contribution < -0.4 is 9.47 Å². The van der Waals surface area contributed by atoms with Crippen molar-refractivity contribution < 1.29 is 40.7 Å². The third-order valence-electron chi connectivity index (χ3n) is 4.08. The minimum absolute atomic E-state index is 0.0792. The topological polar surface area (TPSA) is 61.6 Å². The monoisotopic (exact) mass is 511 g/mol. The van der Waals surface area contributed by atoms with E-state index in [0.29, 0.717) is 12.1 Å². The van der Waals surface area contributed by atoms with Crippen LogP contribution in [-0.4, -0.2) is 4.92 Å². The highest BCUT2D eigenvalue weighted by Crippen LogP contribution is 2.41. The van der Waals surface area contributed by atoms with Crippen LogP contribution in [0.4, 0.5) is 32.0 Å². The lowest BCUT2D eigenvalue weighted by Crippen LogP contribution is -2.05. The SMILES string of the molecule is O=[N+]([O-])c1ccc(Oc2ccc(C(F)(F)F)c(Cl)c2)cc1Oc1ccc(C(F)(F)F)c(Cl)c1. The van der Waals surface area contributed by atoms with Gasteiger partial charge in [0.1, 0.15) is 17.2 Å². The molecular formula is C20H9Cl2F6NO4. The Hall–Kier alpha value is -3.18. The highest BCUT2D eigenvalue weighted by molar-refractivity contribution is 6.31. The molecule has 0 N–H and O–H groups in total. The minimum atomic E-state index is -4.71. The van der Waals surface area contributed by atoms with Crippen molar-refractivity contribution in [1.29, 1.82) is 0 Å². The summed E-state index contributed by atoms with van der Waals surface area (Å²) < 4.78 is 87.8. The number of hydrogen-bond donors (Lipinski definition) is 0. The summed E-state index contributed by atoms with van der Waals surface area (Å²) in [5, 5.41) is 9.98. The average molecular weight is 512 g/mol. The molecule has 3 rings (SSSR count). The number of benzene rings is 3. The Labute approximate surface area is 191 Å². The second-order valence-corrected chi connectivity index (χ2v) is 7.18. The Balaban J connectivity index is 1.91. The summed E-state index contributed by atoms with van der Waals surface area (Å²) in [6.45, 7) is 0. The van der Waals surface area contributed by atoms with Crippen molar-refractivity contribution in [1.82, 2.24) is 0 Å². The molecule has 0 aliphatic rings. The number of halogens is 8. The Morgan fingerprint density at radius 3 is 1.55 bits per heavy atom. The van der Waals surface area contributed by atoms with E-state index >= 15 is 0 Å². The van der Waals surface area contributed by atoms with Crippen molar-refractivity contribution in [2.24, 2.45) is 0 Å². The lowest BCUT2D eigenvalue weighted by Gasteiger charge is -2.13. The van der Waals surface area contributed by atoms with Gasteiger partial charge in [-0.05, 0) is 30.3 Å². The van der Waals surface area contributed by atoms with Crippen LogP contribution in [0.5, 0.6) is 23.0 Å². The van der Waals surface area contributed by atoms with Crippen molar-refractivity contribution >= 4 is 28.9 Å². The molecule has 0 heterocycles. The van der Waals surface area contributed by atoms with Gasteiger partial charge in [0.25, 0.3) is 0 Å². The lowest BCUT2D eigenvalue weighted by atomic mass is 10.2. The Bertz CT molecular complexity index is 1210. The number of hydrogen-bond acceptors (Lipinski definition) is 4. The molecule has 13 heteroatoms. The molecule has 0 aliphatic heterocycles. The molecule has 0 atom stereocenters. The van der Waals surface area contributed by atoms with Crippen LogP contribution >= 0.6 is 23.2 Å². The minimum Gasteiger partial charge on any atom is -0.457 e. The van der Waals surface area contributed by atoms with Gasteiger partial charge in [-0.15, -0.1) is 0 Å². The first-order valence-corrected chi connectivity index (χ1v) is 9.39. The molecule has 3 aromatic rings. The fraction of sp³-hybridized carbons (Fsp3) is 0.100. The van der Waals surface area contributed by atoms with E-state index in [9.17, 15) is 36.5 Å². The van der Waals surface area contributed by atoms with Crippen LogP contribution in [0.15, 0.2) is 54.6 Å². The zero-order chi connectivity index (χ0) is 24.6. The van der Waals surface area contributed by atoms with Crippen molar-refractivity contribution in [3.8, 4) is 23.0 Å². The fourth-order valence-corrected chi connectivity index (χ4v) is 3.19. The first-order valence-electron chi connectivity index (χ1n) is 8.63. The first kappa shape index (κ1) is 24.5. The van der Waals surface area contributed by atoms with E-state index in [1.807, 2.05) is 0 Å². The van der Waals surface area contributed by atoms with E-state index in [1.54, 1.807) is 0 Å². The zero-order valence-electron chi connectivity index (χ0n) is 15.8. The van der Waals surface area contributed by atoms with Gasteiger partial charge >= 0.3 is 18.0 Å². The Morgan fingerprint density at radius 2 is 1.12 bits per heavy atom. The summed E-state index contributed by atoms with van der Waals surface area (Å²) in [5.41, 5.74) is -2.76. The zero-order valence-corrected chi connectivity index (χ0v) is 17.3. The maximum atomic E-state index is 12.9. The quantitative estimate of drug-likeness (QED) is 0.195. The molecule has 0 saturated heterocycles. The predicted molar refractivity (Wildman–Crippen MR) is 106 cm³/mol. The molecular weight excluding hydrogens is 503 g/mol. The molecule has 0 unspecified atom stereocenters. The molecule has 33 heavy (non-hydrogen) atoms. The number of nitro groups is 1. The van der Waals surface area contributed by atoms with Gasteiger partial charge in [-0.25, -0.2) is 0 Å². The van der Waals surface area contributed by atoms with Crippen molar-refractivity contribution in [3.63, 3.8) is 0 Å². The first-order chi connectivity index (χ1) is 15.3. The van der Waals surface area contributed by atoms with Gasteiger partial charge in [-0.3, -0.25) is 10.1 Å². The normalized spacial score (nSPS) is 11.9. The van der Waals surface area contributed by atoms with E-state index in [-0.39, 0.29) is 17.2 Å². The molecule has 0 bridgehead atoms. The van der Waals surface area contributed by atoms with Gasteiger partial charge in [0.05, 0.1) is 26.1 Å². The summed E-state index contributed by atoms with van der Waals surface area (Å²) in [7, 11) is 0. The highest BCUT2D eigenvalue weighted by Gasteiger charge is 2.34. The average Bonchev–Trinajstić information content (AvgIpc) is 2.66. The third kappa shape index (κ3) is 5.79. The maximum Gasteiger partial charge on any atom is 0.417 e. The van der Waals surface area contributed by atoms with E-state index in [4.69, 9.17) is 32.7 Å².